The van der Waals surface area contributed by atoms with E-state index in [1.165, 1.54) is 4.68 Å². The second kappa shape index (κ2) is 4.42. The van der Waals surface area contributed by atoms with E-state index in [0.717, 1.165) is 12.1 Å². The van der Waals surface area contributed by atoms with Crippen LogP contribution in [0.5, 0.6) is 0 Å². The van der Waals surface area contributed by atoms with Crippen LogP contribution in [0, 0.1) is 5.41 Å². The van der Waals surface area contributed by atoms with Crippen LogP contribution in [0.4, 0.5) is 5.69 Å². The summed E-state index contributed by atoms with van der Waals surface area (Å²) in [4.78, 5) is 11.8. The number of hydrogen-bond donors (Lipinski definition) is 2. The van der Waals surface area contributed by atoms with Crippen molar-refractivity contribution >= 4 is 21.6 Å². The van der Waals surface area contributed by atoms with Gasteiger partial charge in [-0.3, -0.25) is 4.79 Å². The first kappa shape index (κ1) is 12.6. The molecule has 0 radical (unpaired) electrons. The van der Waals surface area contributed by atoms with Crippen LogP contribution in [-0.2, 0) is 6.54 Å². The largest absolute Gasteiger partial charge is 0.394 e. The molecule has 0 amide bonds. The van der Waals surface area contributed by atoms with E-state index in [4.69, 9.17) is 5.11 Å². The van der Waals surface area contributed by atoms with Gasteiger partial charge in [-0.2, -0.15) is 5.10 Å². The first-order chi connectivity index (χ1) is 7.95. The van der Waals surface area contributed by atoms with E-state index in [-0.39, 0.29) is 18.7 Å². The third-order valence-corrected chi connectivity index (χ3v) is 3.91. The molecule has 0 saturated heterocycles. The molecule has 0 spiro atoms. The minimum absolute atomic E-state index is 0.0955. The van der Waals surface area contributed by atoms with E-state index in [1.807, 2.05) is 0 Å². The highest BCUT2D eigenvalue weighted by molar-refractivity contribution is 9.10. The van der Waals surface area contributed by atoms with E-state index >= 15 is 0 Å². The molecule has 0 bridgehead atoms. The zero-order chi connectivity index (χ0) is 12.6. The molecule has 5 nitrogen and oxygen atoms in total. The molecular weight excluding hydrogens is 286 g/mol. The monoisotopic (exact) mass is 301 g/mol. The smallest absolute Gasteiger partial charge is 0.283 e. The Morgan fingerprint density at radius 3 is 2.88 bits per heavy atom. The summed E-state index contributed by atoms with van der Waals surface area (Å²) in [6.45, 7) is 4.48. The Bertz CT molecular complexity index is 484. The number of aliphatic hydroxyl groups is 1. The number of nitrogens with zero attached hydrogens (tertiary/aromatic N) is 2. The molecular formula is C11H16BrN3O2. The molecule has 1 aliphatic carbocycles. The lowest BCUT2D eigenvalue weighted by molar-refractivity contribution is 0.266. The van der Waals surface area contributed by atoms with Gasteiger partial charge in [0.2, 0.25) is 0 Å². The van der Waals surface area contributed by atoms with Gasteiger partial charge in [-0.15, -0.1) is 0 Å². The third-order valence-electron chi connectivity index (χ3n) is 3.14. The van der Waals surface area contributed by atoms with Crippen molar-refractivity contribution in [2.75, 3.05) is 11.9 Å². The molecule has 1 aromatic heterocycles. The van der Waals surface area contributed by atoms with Gasteiger partial charge in [-0.1, -0.05) is 13.8 Å². The fraction of sp³-hybridized carbons (Fsp3) is 0.636. The quantitative estimate of drug-likeness (QED) is 0.877. The van der Waals surface area contributed by atoms with Crippen molar-refractivity contribution in [3.05, 3.63) is 21.0 Å². The lowest BCUT2D eigenvalue weighted by atomic mass is 10.2. The van der Waals surface area contributed by atoms with Crippen molar-refractivity contribution in [3.63, 3.8) is 0 Å². The molecule has 94 valence electrons. The zero-order valence-corrected chi connectivity index (χ0v) is 11.5. The van der Waals surface area contributed by atoms with Gasteiger partial charge in [0.1, 0.15) is 4.47 Å². The number of nitrogens with one attached hydrogen (secondary N) is 1. The summed E-state index contributed by atoms with van der Waals surface area (Å²) in [5.41, 5.74) is 0.793. The average molecular weight is 302 g/mol. The fourth-order valence-corrected chi connectivity index (χ4v) is 2.14. The summed E-state index contributed by atoms with van der Waals surface area (Å²) >= 11 is 3.28. The third kappa shape index (κ3) is 2.52. The minimum Gasteiger partial charge on any atom is -0.394 e. The number of aromatic nitrogens is 2. The number of rotatable bonds is 4. The van der Waals surface area contributed by atoms with Crippen molar-refractivity contribution in [2.45, 2.75) is 32.9 Å². The van der Waals surface area contributed by atoms with Crippen LogP contribution in [0.1, 0.15) is 20.3 Å². The Morgan fingerprint density at radius 2 is 2.35 bits per heavy atom. The van der Waals surface area contributed by atoms with Crippen LogP contribution < -0.4 is 10.9 Å². The highest BCUT2D eigenvalue weighted by Crippen LogP contribution is 2.46. The fourth-order valence-electron chi connectivity index (χ4n) is 1.72. The minimum atomic E-state index is -0.220. The van der Waals surface area contributed by atoms with Crippen molar-refractivity contribution in [1.29, 1.82) is 0 Å². The van der Waals surface area contributed by atoms with Crippen molar-refractivity contribution in [2.24, 2.45) is 5.41 Å². The molecule has 1 aliphatic rings. The van der Waals surface area contributed by atoms with Crippen LogP contribution in [-0.4, -0.2) is 27.5 Å². The summed E-state index contributed by atoms with van der Waals surface area (Å²) in [5.74, 6) is 0. The highest BCUT2D eigenvalue weighted by Gasteiger charge is 2.45. The number of aliphatic hydroxyl groups excluding tert-OH is 1. The summed E-state index contributed by atoms with van der Waals surface area (Å²) in [5, 5.41) is 16.1. The second-order valence-electron chi connectivity index (χ2n) is 5.01. The molecule has 2 N–H and O–H groups in total. The molecule has 1 unspecified atom stereocenters. The molecule has 2 rings (SSSR count). The highest BCUT2D eigenvalue weighted by atomic mass is 79.9. The Hall–Kier alpha value is -0.880. The van der Waals surface area contributed by atoms with E-state index in [1.54, 1.807) is 6.20 Å². The van der Waals surface area contributed by atoms with Gasteiger partial charge in [0.15, 0.2) is 0 Å². The maximum atomic E-state index is 11.8. The molecule has 1 aromatic rings. The molecule has 6 heteroatoms. The van der Waals surface area contributed by atoms with Gasteiger partial charge in [0.05, 0.1) is 25.0 Å². The van der Waals surface area contributed by atoms with Gasteiger partial charge in [-0.05, 0) is 27.8 Å². The Labute approximate surface area is 108 Å². The van der Waals surface area contributed by atoms with E-state index in [9.17, 15) is 4.79 Å². The van der Waals surface area contributed by atoms with Crippen LogP contribution >= 0.6 is 15.9 Å². The van der Waals surface area contributed by atoms with Crippen LogP contribution in [0.15, 0.2) is 15.5 Å². The van der Waals surface area contributed by atoms with E-state index in [2.05, 4.69) is 40.2 Å². The first-order valence-corrected chi connectivity index (χ1v) is 6.38. The predicted octanol–water partition coefficient (Wildman–Crippen LogP) is 1.21. The summed E-state index contributed by atoms with van der Waals surface area (Å²) in [6, 6.07) is 0.397. The Kier molecular flexibility index (Phi) is 3.27. The maximum absolute atomic E-state index is 11.8. The van der Waals surface area contributed by atoms with E-state index in [0.29, 0.717) is 15.9 Å². The van der Waals surface area contributed by atoms with Gasteiger partial charge >= 0.3 is 0 Å². The van der Waals surface area contributed by atoms with E-state index < -0.39 is 0 Å². The van der Waals surface area contributed by atoms with Crippen molar-refractivity contribution < 1.29 is 5.11 Å². The molecule has 0 aliphatic heterocycles. The molecule has 1 atom stereocenters. The number of hydrogen-bond acceptors (Lipinski definition) is 4. The first-order valence-electron chi connectivity index (χ1n) is 5.59. The lowest BCUT2D eigenvalue weighted by Gasteiger charge is -2.11. The van der Waals surface area contributed by atoms with Gasteiger partial charge in [0.25, 0.3) is 5.56 Å². The summed E-state index contributed by atoms with van der Waals surface area (Å²) < 4.78 is 1.72. The summed E-state index contributed by atoms with van der Waals surface area (Å²) in [6.07, 6.45) is 2.72. The van der Waals surface area contributed by atoms with Crippen LogP contribution in [0.25, 0.3) is 0 Å². The number of anilines is 1. The Balaban J connectivity index is 2.20. The molecule has 17 heavy (non-hydrogen) atoms. The molecule has 1 heterocycles. The Morgan fingerprint density at radius 1 is 1.71 bits per heavy atom. The SMILES string of the molecule is CC1(C)CC1Nc1cnn(CCO)c(=O)c1Br. The van der Waals surface area contributed by atoms with Crippen LogP contribution in [0.3, 0.4) is 0 Å². The van der Waals surface area contributed by atoms with Crippen LogP contribution in [0.2, 0.25) is 0 Å². The molecule has 1 fully saturated rings. The molecule has 1 saturated carbocycles. The van der Waals surface area contributed by atoms with Gasteiger partial charge in [-0.25, -0.2) is 4.68 Å². The van der Waals surface area contributed by atoms with Gasteiger partial charge < -0.3 is 10.4 Å². The van der Waals surface area contributed by atoms with Crippen molar-refractivity contribution in [3.8, 4) is 0 Å². The zero-order valence-electron chi connectivity index (χ0n) is 9.90. The van der Waals surface area contributed by atoms with Gasteiger partial charge in [0, 0.05) is 6.04 Å². The molecule has 0 aromatic carbocycles. The standard InChI is InChI=1S/C11H16BrN3O2/c1-11(2)5-8(11)14-7-6-13-15(3-4-16)10(17)9(7)12/h6,8,14,16H,3-5H2,1-2H3. The maximum Gasteiger partial charge on any atom is 0.283 e. The topological polar surface area (TPSA) is 67.2 Å². The second-order valence-corrected chi connectivity index (χ2v) is 5.81. The predicted molar refractivity (Wildman–Crippen MR) is 69.1 cm³/mol. The number of halogens is 1. The lowest BCUT2D eigenvalue weighted by Crippen LogP contribution is -2.26. The van der Waals surface area contributed by atoms with Crippen molar-refractivity contribution in [1.82, 2.24) is 9.78 Å². The normalized spacial score (nSPS) is 21.3. The average Bonchev–Trinajstić information content (AvgIpc) is 2.86. The summed E-state index contributed by atoms with van der Waals surface area (Å²) in [7, 11) is 0.